The van der Waals surface area contributed by atoms with Crippen molar-refractivity contribution in [1.29, 1.82) is 0 Å². The monoisotopic (exact) mass is 220 g/mol. The fraction of sp³-hybridized carbons (Fsp3) is 0.571. The van der Waals surface area contributed by atoms with Gasteiger partial charge in [0, 0.05) is 0 Å². The van der Waals surface area contributed by atoms with E-state index < -0.39 is 15.1 Å². The van der Waals surface area contributed by atoms with Gasteiger partial charge in [-0.05, 0) is 20.8 Å². The SMILES string of the molecule is Cc1nc(S(=O)(=O)C(C)C)c(N)s1. The van der Waals surface area contributed by atoms with Crippen molar-refractivity contribution in [1.82, 2.24) is 4.98 Å². The highest BCUT2D eigenvalue weighted by atomic mass is 32.2. The summed E-state index contributed by atoms with van der Waals surface area (Å²) < 4.78 is 23.3. The van der Waals surface area contributed by atoms with Crippen molar-refractivity contribution in [2.75, 3.05) is 5.73 Å². The number of anilines is 1. The molecule has 0 bridgehead atoms. The van der Waals surface area contributed by atoms with Gasteiger partial charge in [-0.25, -0.2) is 13.4 Å². The molecule has 6 heteroatoms. The molecule has 2 N–H and O–H groups in total. The van der Waals surface area contributed by atoms with E-state index in [4.69, 9.17) is 5.73 Å². The molecule has 0 aliphatic carbocycles. The zero-order valence-electron chi connectivity index (χ0n) is 7.73. The maximum Gasteiger partial charge on any atom is 0.200 e. The summed E-state index contributed by atoms with van der Waals surface area (Å²) in [6, 6.07) is 0. The smallest absolute Gasteiger partial charge is 0.200 e. The quantitative estimate of drug-likeness (QED) is 0.813. The number of nitrogen functional groups attached to an aromatic ring is 1. The van der Waals surface area contributed by atoms with Crippen LogP contribution in [0, 0.1) is 6.92 Å². The molecule has 13 heavy (non-hydrogen) atoms. The van der Waals surface area contributed by atoms with E-state index in [9.17, 15) is 8.42 Å². The molecule has 0 saturated heterocycles. The molecular formula is C7H12N2O2S2. The van der Waals surface area contributed by atoms with E-state index in [-0.39, 0.29) is 10.0 Å². The van der Waals surface area contributed by atoms with Crippen LogP contribution in [0.3, 0.4) is 0 Å². The van der Waals surface area contributed by atoms with Crippen molar-refractivity contribution in [2.24, 2.45) is 0 Å². The second-order valence-electron chi connectivity index (χ2n) is 3.00. The van der Waals surface area contributed by atoms with E-state index in [1.165, 1.54) is 11.3 Å². The minimum absolute atomic E-state index is 0.0324. The van der Waals surface area contributed by atoms with Gasteiger partial charge < -0.3 is 5.73 Å². The molecule has 0 atom stereocenters. The van der Waals surface area contributed by atoms with Crippen LogP contribution in [0.1, 0.15) is 18.9 Å². The maximum atomic E-state index is 11.6. The van der Waals surface area contributed by atoms with Crippen LogP contribution in [0.15, 0.2) is 5.03 Å². The number of hydrogen-bond donors (Lipinski definition) is 1. The molecule has 1 heterocycles. The van der Waals surface area contributed by atoms with Crippen LogP contribution >= 0.6 is 11.3 Å². The molecule has 0 saturated carbocycles. The zero-order chi connectivity index (χ0) is 10.2. The second kappa shape index (κ2) is 3.26. The van der Waals surface area contributed by atoms with E-state index in [0.717, 1.165) is 0 Å². The Morgan fingerprint density at radius 1 is 1.46 bits per heavy atom. The van der Waals surface area contributed by atoms with E-state index in [0.29, 0.717) is 5.01 Å². The number of aromatic nitrogens is 1. The van der Waals surface area contributed by atoms with Gasteiger partial charge in [-0.1, -0.05) is 0 Å². The first-order valence-corrected chi connectivity index (χ1v) is 6.18. The number of hydrogen-bond acceptors (Lipinski definition) is 5. The van der Waals surface area contributed by atoms with Crippen molar-refractivity contribution >= 4 is 26.2 Å². The summed E-state index contributed by atoms with van der Waals surface area (Å²) in [5.41, 5.74) is 5.54. The lowest BCUT2D eigenvalue weighted by Gasteiger charge is -2.04. The van der Waals surface area contributed by atoms with Gasteiger partial charge in [0.1, 0.15) is 5.00 Å². The lowest BCUT2D eigenvalue weighted by molar-refractivity contribution is 0.584. The lowest BCUT2D eigenvalue weighted by atomic mass is 10.6. The molecular weight excluding hydrogens is 208 g/mol. The Morgan fingerprint density at radius 2 is 2.00 bits per heavy atom. The minimum Gasteiger partial charge on any atom is -0.388 e. The molecule has 0 radical (unpaired) electrons. The first-order chi connectivity index (χ1) is 5.85. The van der Waals surface area contributed by atoms with Crippen molar-refractivity contribution in [3.05, 3.63) is 5.01 Å². The highest BCUT2D eigenvalue weighted by Gasteiger charge is 2.25. The van der Waals surface area contributed by atoms with Crippen molar-refractivity contribution < 1.29 is 8.42 Å². The van der Waals surface area contributed by atoms with Gasteiger partial charge in [0.15, 0.2) is 5.03 Å². The number of sulfone groups is 1. The molecule has 0 aliphatic rings. The average Bonchev–Trinajstić information content (AvgIpc) is 2.30. The van der Waals surface area contributed by atoms with E-state index >= 15 is 0 Å². The van der Waals surface area contributed by atoms with Gasteiger partial charge in [-0.2, -0.15) is 0 Å². The van der Waals surface area contributed by atoms with Gasteiger partial charge in [0.25, 0.3) is 0 Å². The Labute approximate surface area is 81.7 Å². The van der Waals surface area contributed by atoms with E-state index in [1.54, 1.807) is 20.8 Å². The van der Waals surface area contributed by atoms with Gasteiger partial charge in [-0.15, -0.1) is 11.3 Å². The second-order valence-corrected chi connectivity index (χ2v) is 6.65. The van der Waals surface area contributed by atoms with Gasteiger partial charge in [-0.3, -0.25) is 0 Å². The standard InChI is InChI=1S/C7H12N2O2S2/c1-4(2)13(10,11)7-6(8)12-5(3)9-7/h4H,8H2,1-3H3. The molecule has 0 fully saturated rings. The number of aryl methyl sites for hydroxylation is 1. The maximum absolute atomic E-state index is 11.6. The fourth-order valence-corrected chi connectivity index (χ4v) is 2.96. The third-order valence-corrected chi connectivity index (χ3v) is 4.64. The molecule has 0 amide bonds. The molecule has 0 aromatic carbocycles. The first kappa shape index (κ1) is 10.5. The summed E-state index contributed by atoms with van der Waals surface area (Å²) in [5.74, 6) is 0. The molecule has 1 aromatic rings. The largest absolute Gasteiger partial charge is 0.388 e. The zero-order valence-corrected chi connectivity index (χ0v) is 9.37. The molecule has 4 nitrogen and oxygen atoms in total. The summed E-state index contributed by atoms with van der Waals surface area (Å²) >= 11 is 1.20. The Morgan fingerprint density at radius 3 is 2.31 bits per heavy atom. The van der Waals surface area contributed by atoms with Crippen LogP contribution in [0.2, 0.25) is 0 Å². The summed E-state index contributed by atoms with van der Waals surface area (Å²) in [7, 11) is -3.31. The van der Waals surface area contributed by atoms with Gasteiger partial charge >= 0.3 is 0 Å². The highest BCUT2D eigenvalue weighted by Crippen LogP contribution is 2.27. The molecule has 74 valence electrons. The normalized spacial score (nSPS) is 12.3. The summed E-state index contributed by atoms with van der Waals surface area (Å²) in [4.78, 5) is 3.91. The Kier molecular flexibility index (Phi) is 2.63. The van der Waals surface area contributed by atoms with Crippen molar-refractivity contribution in [2.45, 2.75) is 31.0 Å². The average molecular weight is 220 g/mol. The van der Waals surface area contributed by atoms with E-state index in [1.807, 2.05) is 0 Å². The van der Waals surface area contributed by atoms with Crippen LogP contribution in [-0.2, 0) is 9.84 Å². The molecule has 1 rings (SSSR count). The molecule has 0 aliphatic heterocycles. The predicted octanol–water partition coefficient (Wildman–Crippen LogP) is 1.22. The number of rotatable bonds is 2. The van der Waals surface area contributed by atoms with Crippen LogP contribution in [-0.4, -0.2) is 18.7 Å². The van der Waals surface area contributed by atoms with Crippen LogP contribution in [0.5, 0.6) is 0 Å². The van der Waals surface area contributed by atoms with Crippen molar-refractivity contribution in [3.8, 4) is 0 Å². The van der Waals surface area contributed by atoms with Crippen LogP contribution < -0.4 is 5.73 Å². The van der Waals surface area contributed by atoms with Crippen LogP contribution in [0.4, 0.5) is 5.00 Å². The fourth-order valence-electron chi connectivity index (χ4n) is 0.851. The summed E-state index contributed by atoms with van der Waals surface area (Å²) in [5, 5.41) is 0.518. The lowest BCUT2D eigenvalue weighted by Crippen LogP contribution is -2.15. The Balaban J connectivity index is 3.31. The predicted molar refractivity (Wildman–Crippen MR) is 53.6 cm³/mol. The van der Waals surface area contributed by atoms with Crippen molar-refractivity contribution in [3.63, 3.8) is 0 Å². The summed E-state index contributed by atoms with van der Waals surface area (Å²) in [6.45, 7) is 4.97. The van der Waals surface area contributed by atoms with Crippen LogP contribution in [0.25, 0.3) is 0 Å². The Hall–Kier alpha value is -0.620. The number of nitrogens with two attached hydrogens (primary N) is 1. The molecule has 0 unspecified atom stereocenters. The van der Waals surface area contributed by atoms with Gasteiger partial charge in [0.05, 0.1) is 10.3 Å². The highest BCUT2D eigenvalue weighted by molar-refractivity contribution is 7.92. The molecule has 0 spiro atoms. The number of thiazole rings is 1. The number of nitrogens with zero attached hydrogens (tertiary/aromatic N) is 1. The Bertz CT molecular complexity index is 406. The van der Waals surface area contributed by atoms with Gasteiger partial charge in [0.2, 0.25) is 9.84 Å². The third kappa shape index (κ3) is 1.83. The topological polar surface area (TPSA) is 73.0 Å². The third-order valence-electron chi connectivity index (χ3n) is 1.62. The first-order valence-electron chi connectivity index (χ1n) is 3.82. The molecule has 1 aromatic heterocycles. The van der Waals surface area contributed by atoms with E-state index in [2.05, 4.69) is 4.98 Å². The minimum atomic E-state index is -3.31. The summed E-state index contributed by atoms with van der Waals surface area (Å²) in [6.07, 6.45) is 0.